The van der Waals surface area contributed by atoms with Crippen LogP contribution in [0.5, 0.6) is 11.5 Å². The number of carbonyl (C=O) groups is 1. The predicted octanol–water partition coefficient (Wildman–Crippen LogP) is 3.44. The number of hydrogen-bond donors (Lipinski definition) is 3. The fraction of sp³-hybridized carbons (Fsp3) is 0.609. The zero-order chi connectivity index (χ0) is 21.6. The van der Waals surface area contributed by atoms with Crippen molar-refractivity contribution < 1.29 is 29.6 Å². The molecule has 0 amide bonds. The van der Waals surface area contributed by atoms with Crippen molar-refractivity contribution in [3.63, 3.8) is 0 Å². The van der Waals surface area contributed by atoms with E-state index >= 15 is 0 Å². The van der Waals surface area contributed by atoms with E-state index in [-0.39, 0.29) is 35.3 Å². The normalized spacial score (nSPS) is 36.6. The lowest BCUT2D eigenvalue weighted by Gasteiger charge is -2.43. The average molecular weight is 405 g/mol. The van der Waals surface area contributed by atoms with Crippen LogP contribution in [0.1, 0.15) is 57.3 Å². The maximum absolute atomic E-state index is 12.9. The summed E-state index contributed by atoms with van der Waals surface area (Å²) < 4.78 is 11.0. The van der Waals surface area contributed by atoms with Crippen molar-refractivity contribution >= 4 is 5.97 Å². The van der Waals surface area contributed by atoms with Crippen LogP contribution in [0.2, 0.25) is 0 Å². The number of phenols is 1. The lowest BCUT2D eigenvalue weighted by atomic mass is 9.67. The summed E-state index contributed by atoms with van der Waals surface area (Å²) in [7, 11) is 1.41. The molecule has 160 valence electrons. The minimum Gasteiger partial charge on any atom is -0.504 e. The first-order valence-electron chi connectivity index (χ1n) is 10.1. The number of fused-ring (bicyclic) bond motifs is 1. The maximum Gasteiger partial charge on any atom is 0.338 e. The molecule has 0 saturated heterocycles. The van der Waals surface area contributed by atoms with Gasteiger partial charge in [0.15, 0.2) is 11.5 Å². The summed E-state index contributed by atoms with van der Waals surface area (Å²) in [5.41, 5.74) is -2.29. The van der Waals surface area contributed by atoms with E-state index in [4.69, 9.17) is 9.47 Å². The Balaban J connectivity index is 1.97. The average Bonchev–Trinajstić information content (AvgIpc) is 2.87. The molecular weight excluding hydrogens is 372 g/mol. The molecule has 1 saturated carbocycles. The van der Waals surface area contributed by atoms with Crippen LogP contribution in [0.15, 0.2) is 30.4 Å². The van der Waals surface area contributed by atoms with Gasteiger partial charge in [-0.1, -0.05) is 32.9 Å². The molecule has 0 bridgehead atoms. The van der Waals surface area contributed by atoms with Crippen LogP contribution in [0.25, 0.3) is 0 Å². The Bertz CT molecular complexity index is 814. The minimum atomic E-state index is -1.13. The van der Waals surface area contributed by atoms with E-state index in [2.05, 4.69) is 6.92 Å². The van der Waals surface area contributed by atoms with Crippen LogP contribution >= 0.6 is 0 Å². The standard InChI is InChI=1S/C23H32O6/c1-14(2)23(27)11-9-21(3)8-10-22(4,26)13-18(19(21)23)29-20(25)15-6-7-16(24)17(12-15)28-5/h6-7,9,11-12,14,18-19,24,26-27H,8,10,13H2,1-5H3/t18-,19+,21-,22+,23+/m0/s1. The number of aromatic hydroxyl groups is 1. The van der Waals surface area contributed by atoms with Crippen molar-refractivity contribution in [2.75, 3.05) is 7.11 Å². The van der Waals surface area contributed by atoms with Crippen LogP contribution in [0.4, 0.5) is 0 Å². The fourth-order valence-electron chi connectivity index (χ4n) is 4.88. The van der Waals surface area contributed by atoms with Gasteiger partial charge in [0, 0.05) is 12.3 Å². The van der Waals surface area contributed by atoms with E-state index in [0.717, 1.165) is 0 Å². The number of methoxy groups -OCH3 is 1. The molecule has 3 rings (SSSR count). The first-order valence-corrected chi connectivity index (χ1v) is 10.1. The Hall–Kier alpha value is -2.05. The predicted molar refractivity (Wildman–Crippen MR) is 109 cm³/mol. The Kier molecular flexibility index (Phi) is 5.47. The molecule has 0 aromatic heterocycles. The van der Waals surface area contributed by atoms with E-state index < -0.39 is 28.7 Å². The zero-order valence-electron chi connectivity index (χ0n) is 17.8. The summed E-state index contributed by atoms with van der Waals surface area (Å²) in [5, 5.41) is 32.1. The highest BCUT2D eigenvalue weighted by Crippen LogP contribution is 2.55. The first kappa shape index (κ1) is 21.7. The van der Waals surface area contributed by atoms with Gasteiger partial charge in [-0.3, -0.25) is 0 Å². The number of phenolic OH excluding ortho intramolecular Hbond substituents is 1. The molecule has 0 radical (unpaired) electrons. The highest BCUT2D eigenvalue weighted by molar-refractivity contribution is 5.90. The summed E-state index contributed by atoms with van der Waals surface area (Å²) in [6.45, 7) is 7.70. The van der Waals surface area contributed by atoms with E-state index in [1.54, 1.807) is 6.92 Å². The van der Waals surface area contributed by atoms with Gasteiger partial charge >= 0.3 is 5.97 Å². The third-order valence-corrected chi connectivity index (χ3v) is 6.75. The van der Waals surface area contributed by atoms with Gasteiger partial charge in [-0.25, -0.2) is 4.79 Å². The van der Waals surface area contributed by atoms with Gasteiger partial charge in [-0.2, -0.15) is 0 Å². The molecule has 2 aliphatic rings. The van der Waals surface area contributed by atoms with Crippen LogP contribution in [0.3, 0.4) is 0 Å². The summed E-state index contributed by atoms with van der Waals surface area (Å²) in [6, 6.07) is 4.27. The van der Waals surface area contributed by atoms with E-state index in [1.165, 1.54) is 25.3 Å². The second-order valence-electron chi connectivity index (χ2n) is 9.39. The molecule has 5 atom stereocenters. The van der Waals surface area contributed by atoms with Gasteiger partial charge in [0.2, 0.25) is 0 Å². The molecule has 1 fully saturated rings. The molecule has 0 aliphatic heterocycles. The SMILES string of the molecule is COc1cc(C(=O)O[C@H]2C[C@](C)(O)CC[C@@]3(C)C=C[C@@](O)(C(C)C)[C@H]23)ccc1O. The molecule has 1 aromatic carbocycles. The largest absolute Gasteiger partial charge is 0.504 e. The van der Waals surface area contributed by atoms with Crippen LogP contribution in [-0.2, 0) is 4.74 Å². The Labute approximate surface area is 172 Å². The van der Waals surface area contributed by atoms with Gasteiger partial charge in [0.1, 0.15) is 6.10 Å². The van der Waals surface area contributed by atoms with Crippen molar-refractivity contribution in [3.8, 4) is 11.5 Å². The molecule has 6 heteroatoms. The second-order valence-corrected chi connectivity index (χ2v) is 9.39. The van der Waals surface area contributed by atoms with E-state index in [0.29, 0.717) is 12.8 Å². The number of esters is 1. The highest BCUT2D eigenvalue weighted by atomic mass is 16.5. The maximum atomic E-state index is 12.9. The van der Waals surface area contributed by atoms with Gasteiger partial charge in [0.05, 0.1) is 23.9 Å². The number of benzene rings is 1. The van der Waals surface area contributed by atoms with Crippen LogP contribution in [0, 0.1) is 17.3 Å². The molecule has 6 nitrogen and oxygen atoms in total. The van der Waals surface area contributed by atoms with Crippen molar-refractivity contribution in [2.24, 2.45) is 17.3 Å². The molecule has 2 aliphatic carbocycles. The quantitative estimate of drug-likeness (QED) is 0.525. The first-order chi connectivity index (χ1) is 13.4. The van der Waals surface area contributed by atoms with E-state index in [9.17, 15) is 20.1 Å². The van der Waals surface area contributed by atoms with Crippen LogP contribution in [-0.4, -0.2) is 45.7 Å². The highest BCUT2D eigenvalue weighted by Gasteiger charge is 2.58. The third-order valence-electron chi connectivity index (χ3n) is 6.75. The lowest BCUT2D eigenvalue weighted by Crippen LogP contribution is -2.51. The van der Waals surface area contributed by atoms with Crippen molar-refractivity contribution in [1.29, 1.82) is 0 Å². The number of hydrogen-bond acceptors (Lipinski definition) is 6. The van der Waals surface area contributed by atoms with Crippen molar-refractivity contribution in [3.05, 3.63) is 35.9 Å². The van der Waals surface area contributed by atoms with Crippen molar-refractivity contribution in [2.45, 2.75) is 64.3 Å². The summed E-state index contributed by atoms with van der Waals surface area (Å²) in [6.07, 6.45) is 4.67. The third kappa shape index (κ3) is 3.88. The number of carbonyl (C=O) groups excluding carboxylic acids is 1. The number of ether oxygens (including phenoxy) is 2. The zero-order valence-corrected chi connectivity index (χ0v) is 17.8. The summed E-state index contributed by atoms with van der Waals surface area (Å²) >= 11 is 0. The fourth-order valence-corrected chi connectivity index (χ4v) is 4.88. The summed E-state index contributed by atoms with van der Waals surface area (Å²) in [4.78, 5) is 12.9. The topological polar surface area (TPSA) is 96.2 Å². The molecule has 3 N–H and O–H groups in total. The molecule has 0 heterocycles. The minimum absolute atomic E-state index is 0.0665. The van der Waals surface area contributed by atoms with Crippen LogP contribution < -0.4 is 4.74 Å². The van der Waals surface area contributed by atoms with Gasteiger partial charge in [-0.05, 0) is 49.3 Å². The summed E-state index contributed by atoms with van der Waals surface area (Å²) in [5.74, 6) is -0.913. The Morgan fingerprint density at radius 3 is 2.48 bits per heavy atom. The van der Waals surface area contributed by atoms with Crippen molar-refractivity contribution in [1.82, 2.24) is 0 Å². The van der Waals surface area contributed by atoms with Gasteiger partial charge in [0.25, 0.3) is 0 Å². The molecule has 0 spiro atoms. The molecule has 0 unspecified atom stereocenters. The Morgan fingerprint density at radius 2 is 1.86 bits per heavy atom. The second kappa shape index (κ2) is 7.33. The number of aliphatic hydroxyl groups is 2. The smallest absolute Gasteiger partial charge is 0.338 e. The molecule has 29 heavy (non-hydrogen) atoms. The monoisotopic (exact) mass is 404 g/mol. The lowest BCUT2D eigenvalue weighted by molar-refractivity contribution is -0.105. The van der Waals surface area contributed by atoms with E-state index in [1.807, 2.05) is 26.0 Å². The molecule has 1 aromatic rings. The Morgan fingerprint density at radius 1 is 1.17 bits per heavy atom. The number of allylic oxidation sites excluding steroid dienone is 1. The van der Waals surface area contributed by atoms with Gasteiger partial charge in [-0.15, -0.1) is 0 Å². The molecular formula is C23H32O6. The van der Waals surface area contributed by atoms with Gasteiger partial charge < -0.3 is 24.8 Å². The number of rotatable bonds is 4.